The molecule has 134 valence electrons. The molecule has 2 rings (SSSR count). The summed E-state index contributed by atoms with van der Waals surface area (Å²) < 4.78 is 9.18. The Morgan fingerprint density at radius 1 is 0.846 bits per heavy atom. The number of para-hydroxylation sites is 2. The van der Waals surface area contributed by atoms with Crippen LogP contribution < -0.4 is 10.6 Å². The van der Waals surface area contributed by atoms with Gasteiger partial charge in [-0.25, -0.2) is 9.59 Å². The van der Waals surface area contributed by atoms with Gasteiger partial charge in [-0.15, -0.1) is 0 Å². The molecule has 26 heavy (non-hydrogen) atoms. The molecule has 0 aliphatic carbocycles. The topological polar surface area (TPSA) is 93.7 Å². The Bertz CT molecular complexity index is 831. The largest absolute Gasteiger partial charge is 0.466 e. The van der Waals surface area contributed by atoms with Crippen LogP contribution in [-0.2, 0) is 19.1 Å². The maximum absolute atomic E-state index is 12.6. The number of hydrogen-bond acceptors (Lipinski definition) is 6. The summed E-state index contributed by atoms with van der Waals surface area (Å²) in [5.41, 5.74) is 1.10. The number of benzene rings is 2. The van der Waals surface area contributed by atoms with Crippen molar-refractivity contribution in [2.75, 3.05) is 24.9 Å². The summed E-state index contributed by atoms with van der Waals surface area (Å²) in [5, 5.41) is 5.52. The molecule has 0 unspecified atom stereocenters. The van der Waals surface area contributed by atoms with Gasteiger partial charge in [0.1, 0.15) is 5.70 Å². The van der Waals surface area contributed by atoms with Crippen LogP contribution >= 0.6 is 0 Å². The lowest BCUT2D eigenvalue weighted by molar-refractivity contribution is -0.138. The van der Waals surface area contributed by atoms with Gasteiger partial charge in [0.15, 0.2) is 0 Å². The highest BCUT2D eigenvalue weighted by Gasteiger charge is 2.17. The Labute approximate surface area is 150 Å². The summed E-state index contributed by atoms with van der Waals surface area (Å²) in [6.07, 6.45) is 0.956. The van der Waals surface area contributed by atoms with E-state index in [2.05, 4.69) is 20.1 Å². The molecule has 0 spiro atoms. The average molecular weight is 354 g/mol. The Morgan fingerprint density at radius 3 is 2.15 bits per heavy atom. The lowest BCUT2D eigenvalue weighted by Crippen LogP contribution is -2.19. The first kappa shape index (κ1) is 18.7. The number of carbonyl (C=O) groups excluding carboxylic acids is 3. The van der Waals surface area contributed by atoms with Crippen molar-refractivity contribution in [3.63, 3.8) is 0 Å². The van der Waals surface area contributed by atoms with Crippen LogP contribution in [0.5, 0.6) is 0 Å². The van der Waals surface area contributed by atoms with Gasteiger partial charge in [-0.05, 0) is 24.3 Å². The normalized spacial score (nSPS) is 10.6. The van der Waals surface area contributed by atoms with Crippen LogP contribution in [0.25, 0.3) is 0 Å². The molecule has 0 bridgehead atoms. The molecule has 0 aromatic heterocycles. The molecule has 0 fully saturated rings. The van der Waals surface area contributed by atoms with E-state index < -0.39 is 11.9 Å². The van der Waals surface area contributed by atoms with E-state index in [4.69, 9.17) is 0 Å². The van der Waals surface area contributed by atoms with E-state index in [1.807, 2.05) is 6.07 Å². The highest BCUT2D eigenvalue weighted by molar-refractivity contribution is 6.09. The zero-order chi connectivity index (χ0) is 18.9. The summed E-state index contributed by atoms with van der Waals surface area (Å²) in [4.78, 5) is 35.9. The van der Waals surface area contributed by atoms with E-state index in [0.717, 1.165) is 6.08 Å². The second-order valence-electron chi connectivity index (χ2n) is 5.06. The third kappa shape index (κ3) is 4.94. The highest BCUT2D eigenvalue weighted by Crippen LogP contribution is 2.19. The van der Waals surface area contributed by atoms with E-state index in [9.17, 15) is 14.4 Å². The molecule has 1 amide bonds. The quantitative estimate of drug-likeness (QED) is 0.612. The Morgan fingerprint density at radius 2 is 1.50 bits per heavy atom. The van der Waals surface area contributed by atoms with Crippen molar-refractivity contribution in [1.29, 1.82) is 0 Å². The van der Waals surface area contributed by atoms with Gasteiger partial charge in [0.2, 0.25) is 0 Å². The number of hydrogen-bond donors (Lipinski definition) is 2. The van der Waals surface area contributed by atoms with Crippen molar-refractivity contribution in [3.8, 4) is 0 Å². The minimum atomic E-state index is -0.770. The van der Waals surface area contributed by atoms with Crippen LogP contribution in [0.2, 0.25) is 0 Å². The van der Waals surface area contributed by atoms with Gasteiger partial charge in [-0.3, -0.25) is 4.79 Å². The van der Waals surface area contributed by atoms with Crippen molar-refractivity contribution in [2.45, 2.75) is 0 Å². The van der Waals surface area contributed by atoms with Crippen molar-refractivity contribution < 1.29 is 23.9 Å². The maximum atomic E-state index is 12.6. The molecule has 0 radical (unpaired) electrons. The fraction of sp³-hybridized carbons (Fsp3) is 0.105. The number of methoxy groups -OCH3 is 2. The molecule has 0 aliphatic heterocycles. The van der Waals surface area contributed by atoms with E-state index in [0.29, 0.717) is 11.4 Å². The Balaban J connectivity index is 2.29. The summed E-state index contributed by atoms with van der Waals surface area (Å²) in [7, 11) is 2.37. The van der Waals surface area contributed by atoms with Crippen LogP contribution in [0.3, 0.4) is 0 Å². The third-order valence-electron chi connectivity index (χ3n) is 3.34. The van der Waals surface area contributed by atoms with E-state index in [-0.39, 0.29) is 17.2 Å². The van der Waals surface area contributed by atoms with Gasteiger partial charge in [-0.2, -0.15) is 0 Å². The van der Waals surface area contributed by atoms with E-state index in [1.54, 1.807) is 48.5 Å². The first-order valence-corrected chi connectivity index (χ1v) is 7.65. The second-order valence-corrected chi connectivity index (χ2v) is 5.06. The molecule has 0 aliphatic rings. The Hall–Kier alpha value is -3.61. The molecular formula is C19H18N2O5. The van der Waals surface area contributed by atoms with Gasteiger partial charge in [-0.1, -0.05) is 30.3 Å². The fourth-order valence-corrected chi connectivity index (χ4v) is 2.09. The van der Waals surface area contributed by atoms with E-state index >= 15 is 0 Å². The molecule has 0 saturated heterocycles. The summed E-state index contributed by atoms with van der Waals surface area (Å²) in [6.45, 7) is 0. The molecule has 2 aromatic rings. The van der Waals surface area contributed by atoms with Crippen LogP contribution in [0.15, 0.2) is 66.4 Å². The minimum absolute atomic E-state index is 0.153. The van der Waals surface area contributed by atoms with Crippen LogP contribution in [0.1, 0.15) is 10.4 Å². The van der Waals surface area contributed by atoms with Crippen LogP contribution in [0.4, 0.5) is 11.4 Å². The molecular weight excluding hydrogens is 336 g/mol. The number of amides is 1. The molecule has 0 saturated carbocycles. The van der Waals surface area contributed by atoms with Crippen molar-refractivity contribution >= 4 is 29.2 Å². The van der Waals surface area contributed by atoms with Gasteiger partial charge >= 0.3 is 11.9 Å². The number of nitrogens with one attached hydrogen (secondary N) is 2. The third-order valence-corrected chi connectivity index (χ3v) is 3.34. The first-order valence-electron chi connectivity index (χ1n) is 7.65. The van der Waals surface area contributed by atoms with Crippen molar-refractivity contribution in [2.24, 2.45) is 0 Å². The summed E-state index contributed by atoms with van der Waals surface area (Å²) >= 11 is 0. The predicted molar refractivity (Wildman–Crippen MR) is 96.6 cm³/mol. The SMILES string of the molecule is COC(=O)/C=C(/Nc1ccccc1C(=O)Nc1ccccc1)C(=O)OC. The number of rotatable bonds is 6. The lowest BCUT2D eigenvalue weighted by atomic mass is 10.1. The van der Waals surface area contributed by atoms with Crippen molar-refractivity contribution in [3.05, 3.63) is 71.9 Å². The molecule has 2 N–H and O–H groups in total. The number of ether oxygens (including phenoxy) is 2. The van der Waals surface area contributed by atoms with Gasteiger partial charge in [0, 0.05) is 5.69 Å². The highest BCUT2D eigenvalue weighted by atomic mass is 16.5. The van der Waals surface area contributed by atoms with Gasteiger partial charge in [0.05, 0.1) is 31.5 Å². The lowest BCUT2D eigenvalue weighted by Gasteiger charge is -2.13. The second kappa shape index (κ2) is 9.03. The van der Waals surface area contributed by atoms with Crippen molar-refractivity contribution in [1.82, 2.24) is 0 Å². The zero-order valence-electron chi connectivity index (χ0n) is 14.3. The molecule has 0 atom stereocenters. The van der Waals surface area contributed by atoms with Crippen LogP contribution in [0, 0.1) is 0 Å². The van der Waals surface area contributed by atoms with Gasteiger partial charge in [0.25, 0.3) is 5.91 Å². The number of carbonyl (C=O) groups is 3. The van der Waals surface area contributed by atoms with Gasteiger partial charge < -0.3 is 20.1 Å². The number of esters is 2. The monoisotopic (exact) mass is 354 g/mol. The zero-order valence-corrected chi connectivity index (χ0v) is 14.3. The fourth-order valence-electron chi connectivity index (χ4n) is 2.09. The molecule has 0 heterocycles. The summed E-state index contributed by atoms with van der Waals surface area (Å²) in [5.74, 6) is -1.88. The maximum Gasteiger partial charge on any atom is 0.354 e. The molecule has 7 heteroatoms. The average Bonchev–Trinajstić information content (AvgIpc) is 2.67. The first-order chi connectivity index (χ1) is 12.5. The van der Waals surface area contributed by atoms with E-state index in [1.165, 1.54) is 14.2 Å². The summed E-state index contributed by atoms with van der Waals surface area (Å²) in [6, 6.07) is 15.5. The number of anilines is 2. The molecule has 7 nitrogen and oxygen atoms in total. The Kier molecular flexibility index (Phi) is 6.50. The van der Waals surface area contributed by atoms with Crippen LogP contribution in [-0.4, -0.2) is 32.1 Å². The smallest absolute Gasteiger partial charge is 0.354 e. The predicted octanol–water partition coefficient (Wildman–Crippen LogP) is 2.58. The standard InChI is InChI=1S/C19H18N2O5/c1-25-17(22)12-16(19(24)26-2)21-15-11-7-6-10-14(15)18(23)20-13-8-4-3-5-9-13/h3-12,21H,1-2H3,(H,20,23)/b16-12+. The molecule has 2 aromatic carbocycles. The minimum Gasteiger partial charge on any atom is -0.466 e.